The SMILES string of the molecule is COc1ccccc1NC(=O)c1cnc(Nc2ccccc2C(F)(F)F)cn1. The third-order valence-corrected chi connectivity index (χ3v) is 3.73. The lowest BCUT2D eigenvalue weighted by molar-refractivity contribution is -0.136. The molecule has 0 bridgehead atoms. The number of amides is 1. The average molecular weight is 388 g/mol. The number of methoxy groups -OCH3 is 1. The normalized spacial score (nSPS) is 11.0. The highest BCUT2D eigenvalue weighted by Gasteiger charge is 2.33. The first-order chi connectivity index (χ1) is 13.4. The van der Waals surface area contributed by atoms with Gasteiger partial charge in [-0.25, -0.2) is 9.97 Å². The summed E-state index contributed by atoms with van der Waals surface area (Å²) in [5, 5.41) is 5.21. The summed E-state index contributed by atoms with van der Waals surface area (Å²) in [6, 6.07) is 11.9. The molecule has 3 aromatic rings. The Bertz CT molecular complexity index is 975. The van der Waals surface area contributed by atoms with E-state index in [2.05, 4.69) is 20.6 Å². The van der Waals surface area contributed by atoms with Crippen molar-refractivity contribution in [1.29, 1.82) is 0 Å². The maximum Gasteiger partial charge on any atom is 0.418 e. The molecule has 1 amide bonds. The van der Waals surface area contributed by atoms with Crippen molar-refractivity contribution in [3.8, 4) is 5.75 Å². The maximum atomic E-state index is 13.1. The van der Waals surface area contributed by atoms with Crippen molar-refractivity contribution in [2.45, 2.75) is 6.18 Å². The molecule has 6 nitrogen and oxygen atoms in total. The van der Waals surface area contributed by atoms with Crippen LogP contribution in [0.4, 0.5) is 30.4 Å². The Kier molecular flexibility index (Phi) is 5.44. The molecule has 0 unspecified atom stereocenters. The molecule has 28 heavy (non-hydrogen) atoms. The third-order valence-electron chi connectivity index (χ3n) is 3.73. The minimum atomic E-state index is -4.51. The van der Waals surface area contributed by atoms with E-state index in [-0.39, 0.29) is 17.2 Å². The Hall–Kier alpha value is -3.62. The first-order valence-corrected chi connectivity index (χ1v) is 8.08. The summed E-state index contributed by atoms with van der Waals surface area (Å²) in [6.07, 6.45) is -2.15. The van der Waals surface area contributed by atoms with E-state index in [1.54, 1.807) is 24.3 Å². The monoisotopic (exact) mass is 388 g/mol. The first-order valence-electron chi connectivity index (χ1n) is 8.08. The van der Waals surface area contributed by atoms with Gasteiger partial charge in [0.15, 0.2) is 0 Å². The number of nitrogens with one attached hydrogen (secondary N) is 2. The number of anilines is 3. The second-order valence-electron chi connectivity index (χ2n) is 5.61. The summed E-state index contributed by atoms with van der Waals surface area (Å²) in [5.41, 5.74) is -0.524. The molecule has 0 fully saturated rings. The zero-order valence-electron chi connectivity index (χ0n) is 14.6. The average Bonchev–Trinajstić information content (AvgIpc) is 2.68. The van der Waals surface area contributed by atoms with Crippen LogP contribution in [0.3, 0.4) is 0 Å². The van der Waals surface area contributed by atoms with Crippen LogP contribution in [0, 0.1) is 0 Å². The standard InChI is InChI=1S/C19H15F3N4O2/c1-28-16-9-5-4-8-14(16)26-18(27)15-10-24-17(11-23-15)25-13-7-3-2-6-12(13)19(20,21)22/h2-11H,1H3,(H,24,25)(H,26,27). The molecule has 0 atom stereocenters. The van der Waals surface area contributed by atoms with Gasteiger partial charge in [0.05, 0.1) is 36.4 Å². The van der Waals surface area contributed by atoms with Crippen molar-refractivity contribution in [2.75, 3.05) is 17.7 Å². The molecule has 3 rings (SSSR count). The number of rotatable bonds is 5. The Morgan fingerprint density at radius 2 is 1.64 bits per heavy atom. The van der Waals surface area contributed by atoms with Crippen LogP contribution in [-0.4, -0.2) is 23.0 Å². The third kappa shape index (κ3) is 4.37. The van der Waals surface area contributed by atoms with Crippen molar-refractivity contribution in [3.05, 3.63) is 72.2 Å². The zero-order chi connectivity index (χ0) is 20.1. The van der Waals surface area contributed by atoms with Crippen LogP contribution in [0.2, 0.25) is 0 Å². The number of benzene rings is 2. The predicted octanol–water partition coefficient (Wildman–Crippen LogP) is 4.50. The highest BCUT2D eigenvalue weighted by molar-refractivity contribution is 6.03. The van der Waals surface area contributed by atoms with Gasteiger partial charge in [-0.05, 0) is 24.3 Å². The number of hydrogen-bond acceptors (Lipinski definition) is 5. The van der Waals surface area contributed by atoms with Gasteiger partial charge < -0.3 is 15.4 Å². The van der Waals surface area contributed by atoms with Crippen LogP contribution in [0.15, 0.2) is 60.9 Å². The van der Waals surface area contributed by atoms with Crippen LogP contribution < -0.4 is 15.4 Å². The van der Waals surface area contributed by atoms with Crippen LogP contribution in [0.5, 0.6) is 5.75 Å². The molecule has 9 heteroatoms. The lowest BCUT2D eigenvalue weighted by Gasteiger charge is -2.13. The lowest BCUT2D eigenvalue weighted by Crippen LogP contribution is -2.15. The van der Waals surface area contributed by atoms with E-state index < -0.39 is 17.6 Å². The molecule has 0 aliphatic carbocycles. The molecular weight excluding hydrogens is 373 g/mol. The zero-order valence-corrected chi connectivity index (χ0v) is 14.6. The highest BCUT2D eigenvalue weighted by Crippen LogP contribution is 2.35. The fraction of sp³-hybridized carbons (Fsp3) is 0.105. The summed E-state index contributed by atoms with van der Waals surface area (Å²) in [6.45, 7) is 0. The Morgan fingerprint density at radius 1 is 0.964 bits per heavy atom. The molecule has 144 valence electrons. The van der Waals surface area contributed by atoms with Gasteiger partial charge in [0.25, 0.3) is 5.91 Å². The number of ether oxygens (including phenoxy) is 1. The number of carbonyl (C=O) groups excluding carboxylic acids is 1. The fourth-order valence-corrected chi connectivity index (χ4v) is 2.42. The Balaban J connectivity index is 1.75. The van der Waals surface area contributed by atoms with Crippen molar-refractivity contribution in [2.24, 2.45) is 0 Å². The molecule has 1 heterocycles. The molecule has 2 aromatic carbocycles. The van der Waals surface area contributed by atoms with E-state index in [1.165, 1.54) is 37.7 Å². The van der Waals surface area contributed by atoms with Gasteiger partial charge in [-0.15, -0.1) is 0 Å². The topological polar surface area (TPSA) is 76.1 Å². The summed E-state index contributed by atoms with van der Waals surface area (Å²) in [4.78, 5) is 20.2. The van der Waals surface area contributed by atoms with Crippen LogP contribution in [-0.2, 0) is 6.18 Å². The summed E-state index contributed by atoms with van der Waals surface area (Å²) in [5.74, 6) is 0.0237. The minimum absolute atomic E-state index is 0.000521. The van der Waals surface area contributed by atoms with Gasteiger partial charge in [-0.3, -0.25) is 4.79 Å². The van der Waals surface area contributed by atoms with E-state index in [0.717, 1.165) is 6.07 Å². The number of hydrogen-bond donors (Lipinski definition) is 2. The lowest BCUT2D eigenvalue weighted by atomic mass is 10.1. The molecule has 0 radical (unpaired) electrons. The van der Waals surface area contributed by atoms with Crippen molar-refractivity contribution < 1.29 is 22.7 Å². The summed E-state index contributed by atoms with van der Waals surface area (Å²) in [7, 11) is 1.48. The maximum absolute atomic E-state index is 13.1. The largest absolute Gasteiger partial charge is 0.495 e. The van der Waals surface area contributed by atoms with Crippen LogP contribution in [0.25, 0.3) is 0 Å². The van der Waals surface area contributed by atoms with Crippen molar-refractivity contribution in [1.82, 2.24) is 9.97 Å². The highest BCUT2D eigenvalue weighted by atomic mass is 19.4. The van der Waals surface area contributed by atoms with E-state index in [1.807, 2.05) is 0 Å². The molecule has 0 saturated carbocycles. The van der Waals surface area contributed by atoms with Gasteiger partial charge >= 0.3 is 6.18 Å². The molecule has 2 N–H and O–H groups in total. The Labute approximate surface area is 158 Å². The van der Waals surface area contributed by atoms with Crippen molar-refractivity contribution >= 4 is 23.1 Å². The molecule has 0 aliphatic heterocycles. The Morgan fingerprint density at radius 3 is 2.29 bits per heavy atom. The molecule has 1 aromatic heterocycles. The number of carbonyl (C=O) groups is 1. The second-order valence-corrected chi connectivity index (χ2v) is 5.61. The van der Waals surface area contributed by atoms with Gasteiger partial charge in [0.1, 0.15) is 17.3 Å². The minimum Gasteiger partial charge on any atom is -0.495 e. The van der Waals surface area contributed by atoms with E-state index in [0.29, 0.717) is 11.4 Å². The van der Waals surface area contributed by atoms with Gasteiger partial charge in [0, 0.05) is 0 Å². The molecule has 0 spiro atoms. The fourth-order valence-electron chi connectivity index (χ4n) is 2.42. The number of para-hydroxylation sites is 3. The van der Waals surface area contributed by atoms with E-state index >= 15 is 0 Å². The van der Waals surface area contributed by atoms with Gasteiger partial charge in [-0.2, -0.15) is 13.2 Å². The molecule has 0 saturated heterocycles. The van der Waals surface area contributed by atoms with Crippen LogP contribution >= 0.6 is 0 Å². The number of alkyl halides is 3. The first kappa shape index (κ1) is 19.2. The van der Waals surface area contributed by atoms with Crippen LogP contribution in [0.1, 0.15) is 16.1 Å². The number of nitrogens with zero attached hydrogens (tertiary/aromatic N) is 2. The van der Waals surface area contributed by atoms with Crippen molar-refractivity contribution in [3.63, 3.8) is 0 Å². The number of halogens is 3. The second kappa shape index (κ2) is 7.95. The van der Waals surface area contributed by atoms with Gasteiger partial charge in [-0.1, -0.05) is 24.3 Å². The quantitative estimate of drug-likeness (QED) is 0.673. The summed E-state index contributed by atoms with van der Waals surface area (Å²) < 4.78 is 44.3. The molecule has 0 aliphatic rings. The predicted molar refractivity (Wildman–Crippen MR) is 97.7 cm³/mol. The van der Waals surface area contributed by atoms with E-state index in [4.69, 9.17) is 4.74 Å². The molecular formula is C19H15F3N4O2. The smallest absolute Gasteiger partial charge is 0.418 e. The van der Waals surface area contributed by atoms with E-state index in [9.17, 15) is 18.0 Å². The summed E-state index contributed by atoms with van der Waals surface area (Å²) >= 11 is 0. The van der Waals surface area contributed by atoms with Gasteiger partial charge in [0.2, 0.25) is 0 Å². The number of aromatic nitrogens is 2.